The predicted molar refractivity (Wildman–Crippen MR) is 89.8 cm³/mol. The third-order valence-corrected chi connectivity index (χ3v) is 5.15. The van der Waals surface area contributed by atoms with Crippen LogP contribution in [-0.4, -0.2) is 38.8 Å². The molecule has 0 aliphatic rings. The monoisotopic (exact) mass is 363 g/mol. The average molecular weight is 363 g/mol. The summed E-state index contributed by atoms with van der Waals surface area (Å²) in [5.41, 5.74) is 0.700. The summed E-state index contributed by atoms with van der Waals surface area (Å²) in [6.07, 6.45) is 0. The zero-order chi connectivity index (χ0) is 18.6. The molecule has 8 heteroatoms. The van der Waals surface area contributed by atoms with E-state index in [1.54, 1.807) is 12.1 Å². The molecule has 0 aliphatic heterocycles. The minimum atomic E-state index is -3.78. The number of benzene rings is 2. The number of carbonyl (C=O) groups excluding carboxylic acids is 2. The summed E-state index contributed by atoms with van der Waals surface area (Å²) in [7, 11) is -1.27. The molecule has 0 unspecified atom stereocenters. The van der Waals surface area contributed by atoms with Crippen LogP contribution < -0.4 is 4.74 Å². The normalized spacial score (nSPS) is 11.4. The molecule has 7 nitrogen and oxygen atoms in total. The molecule has 0 spiro atoms. The highest BCUT2D eigenvalue weighted by Crippen LogP contribution is 2.18. The molecule has 2 rings (SSSR count). The summed E-state index contributed by atoms with van der Waals surface area (Å²) in [5, 5.41) is 0. The van der Waals surface area contributed by atoms with Gasteiger partial charge in [-0.3, -0.25) is 9.63 Å². The van der Waals surface area contributed by atoms with Crippen LogP contribution in [0.2, 0.25) is 0 Å². The van der Waals surface area contributed by atoms with Gasteiger partial charge in [0.1, 0.15) is 5.75 Å². The van der Waals surface area contributed by atoms with E-state index in [4.69, 9.17) is 4.74 Å². The van der Waals surface area contributed by atoms with Crippen LogP contribution in [0.25, 0.3) is 0 Å². The van der Waals surface area contributed by atoms with E-state index in [1.165, 1.54) is 57.5 Å². The number of hydrogen-bond donors (Lipinski definition) is 0. The number of ether oxygens (including phenoxy) is 1. The Morgan fingerprint density at radius 1 is 0.920 bits per heavy atom. The smallest absolute Gasteiger partial charge is 0.343 e. The molecule has 0 heterocycles. The number of hydrogen-bond acceptors (Lipinski definition) is 6. The number of esters is 1. The standard InChI is InChI=1S/C17H17NO6S/c1-12(19)13-4-8-15(9-5-13)24-17(20)14-6-10-16(11-7-14)25(21,22)18(2)23-3/h4-11H,1-3H3. The number of Topliss-reactive ketones (excluding diaryl/α,β-unsaturated/α-hetero) is 1. The Kier molecular flexibility index (Phi) is 5.68. The number of hydroxylamine groups is 1. The van der Waals surface area contributed by atoms with Gasteiger partial charge >= 0.3 is 5.97 Å². The molecule has 0 aromatic heterocycles. The first-order chi connectivity index (χ1) is 11.8. The van der Waals surface area contributed by atoms with Gasteiger partial charge in [-0.2, -0.15) is 0 Å². The number of ketones is 1. The molecule has 0 N–H and O–H groups in total. The lowest BCUT2D eigenvalue weighted by Gasteiger charge is -2.14. The Morgan fingerprint density at radius 2 is 1.44 bits per heavy atom. The summed E-state index contributed by atoms with van der Waals surface area (Å²) in [6, 6.07) is 11.4. The Bertz CT molecular complexity index is 872. The minimum Gasteiger partial charge on any atom is -0.423 e. The van der Waals surface area contributed by atoms with Gasteiger partial charge in [-0.1, -0.05) is 4.47 Å². The first kappa shape index (κ1) is 18.8. The zero-order valence-corrected chi connectivity index (χ0v) is 14.7. The fraction of sp³-hybridized carbons (Fsp3) is 0.176. The van der Waals surface area contributed by atoms with E-state index in [0.29, 0.717) is 5.56 Å². The van der Waals surface area contributed by atoms with Gasteiger partial charge in [-0.05, 0) is 55.5 Å². The van der Waals surface area contributed by atoms with Crippen LogP contribution in [0, 0.1) is 0 Å². The first-order valence-corrected chi connectivity index (χ1v) is 8.66. The van der Waals surface area contributed by atoms with Crippen LogP contribution in [0.1, 0.15) is 27.6 Å². The number of carbonyl (C=O) groups is 2. The van der Waals surface area contributed by atoms with Crippen molar-refractivity contribution in [2.24, 2.45) is 0 Å². The van der Waals surface area contributed by atoms with Crippen LogP contribution >= 0.6 is 0 Å². The minimum absolute atomic E-state index is 0.0146. The van der Waals surface area contributed by atoms with E-state index < -0.39 is 16.0 Å². The largest absolute Gasteiger partial charge is 0.423 e. The molecule has 0 amide bonds. The first-order valence-electron chi connectivity index (χ1n) is 7.22. The molecule has 25 heavy (non-hydrogen) atoms. The highest BCUT2D eigenvalue weighted by molar-refractivity contribution is 7.89. The Labute approximate surface area is 145 Å². The molecule has 2 aromatic carbocycles. The Hall–Kier alpha value is -2.55. The van der Waals surface area contributed by atoms with E-state index in [-0.39, 0.29) is 22.0 Å². The highest BCUT2D eigenvalue weighted by Gasteiger charge is 2.21. The lowest BCUT2D eigenvalue weighted by molar-refractivity contribution is -0.0258. The van der Waals surface area contributed by atoms with E-state index >= 15 is 0 Å². The van der Waals surface area contributed by atoms with Crippen LogP contribution in [0.3, 0.4) is 0 Å². The Balaban J connectivity index is 2.14. The van der Waals surface area contributed by atoms with Crippen molar-refractivity contribution < 1.29 is 27.6 Å². The number of rotatable bonds is 6. The van der Waals surface area contributed by atoms with Crippen LogP contribution in [0.5, 0.6) is 5.75 Å². The third kappa shape index (κ3) is 4.30. The van der Waals surface area contributed by atoms with Gasteiger partial charge in [0.25, 0.3) is 10.0 Å². The maximum absolute atomic E-state index is 12.1. The lowest BCUT2D eigenvalue weighted by Crippen LogP contribution is -2.25. The van der Waals surface area contributed by atoms with Gasteiger partial charge in [0.05, 0.1) is 17.6 Å². The quantitative estimate of drug-likeness (QED) is 0.339. The van der Waals surface area contributed by atoms with Crippen LogP contribution in [-0.2, 0) is 14.9 Å². The molecule has 0 atom stereocenters. The van der Waals surface area contributed by atoms with Crippen molar-refractivity contribution >= 4 is 21.8 Å². The second-order valence-electron chi connectivity index (χ2n) is 5.09. The van der Waals surface area contributed by atoms with Crippen molar-refractivity contribution in [3.8, 4) is 5.75 Å². The van der Waals surface area contributed by atoms with Crippen molar-refractivity contribution in [1.82, 2.24) is 4.47 Å². The highest BCUT2D eigenvalue weighted by atomic mass is 32.2. The van der Waals surface area contributed by atoms with Gasteiger partial charge in [0.2, 0.25) is 0 Å². The van der Waals surface area contributed by atoms with Gasteiger partial charge in [0, 0.05) is 12.6 Å². The van der Waals surface area contributed by atoms with E-state index in [9.17, 15) is 18.0 Å². The summed E-state index contributed by atoms with van der Waals surface area (Å²) in [4.78, 5) is 28.0. The summed E-state index contributed by atoms with van der Waals surface area (Å²) >= 11 is 0. The Morgan fingerprint density at radius 3 is 1.92 bits per heavy atom. The van der Waals surface area contributed by atoms with Crippen molar-refractivity contribution in [2.45, 2.75) is 11.8 Å². The fourth-order valence-electron chi connectivity index (χ4n) is 1.93. The molecule has 0 saturated carbocycles. The molecule has 0 bridgehead atoms. The van der Waals surface area contributed by atoms with Gasteiger partial charge < -0.3 is 4.74 Å². The molecule has 0 aliphatic carbocycles. The molecule has 0 radical (unpaired) electrons. The lowest BCUT2D eigenvalue weighted by atomic mass is 10.1. The molecule has 0 saturated heterocycles. The summed E-state index contributed by atoms with van der Waals surface area (Å²) < 4.78 is 30.1. The number of nitrogens with zero attached hydrogens (tertiary/aromatic N) is 1. The predicted octanol–water partition coefficient (Wildman–Crippen LogP) is 2.29. The van der Waals surface area contributed by atoms with E-state index in [0.717, 1.165) is 4.47 Å². The maximum Gasteiger partial charge on any atom is 0.343 e. The number of sulfonamides is 1. The van der Waals surface area contributed by atoms with Gasteiger partial charge in [-0.15, -0.1) is 0 Å². The van der Waals surface area contributed by atoms with Gasteiger partial charge in [-0.25, -0.2) is 13.2 Å². The maximum atomic E-state index is 12.1. The van der Waals surface area contributed by atoms with E-state index in [1.807, 2.05) is 0 Å². The van der Waals surface area contributed by atoms with Crippen molar-refractivity contribution in [3.63, 3.8) is 0 Å². The van der Waals surface area contributed by atoms with Crippen molar-refractivity contribution in [1.29, 1.82) is 0 Å². The molecule has 2 aromatic rings. The summed E-state index contributed by atoms with van der Waals surface area (Å²) in [6.45, 7) is 1.44. The van der Waals surface area contributed by atoms with Crippen LogP contribution in [0.4, 0.5) is 0 Å². The molecular formula is C17H17NO6S. The topological polar surface area (TPSA) is 90.0 Å². The fourth-order valence-corrected chi connectivity index (χ4v) is 2.91. The SMILES string of the molecule is CON(C)S(=O)(=O)c1ccc(C(=O)Oc2ccc(C(C)=O)cc2)cc1. The van der Waals surface area contributed by atoms with Crippen LogP contribution in [0.15, 0.2) is 53.4 Å². The second kappa shape index (κ2) is 7.56. The van der Waals surface area contributed by atoms with Gasteiger partial charge in [0.15, 0.2) is 5.78 Å². The van der Waals surface area contributed by atoms with E-state index in [2.05, 4.69) is 4.84 Å². The average Bonchev–Trinajstić information content (AvgIpc) is 2.61. The third-order valence-electron chi connectivity index (χ3n) is 3.45. The van der Waals surface area contributed by atoms with Crippen molar-refractivity contribution in [3.05, 3.63) is 59.7 Å². The zero-order valence-electron chi connectivity index (χ0n) is 13.9. The molecule has 132 valence electrons. The second-order valence-corrected chi connectivity index (χ2v) is 7.03. The molecular weight excluding hydrogens is 346 g/mol. The molecule has 0 fully saturated rings. The van der Waals surface area contributed by atoms with Crippen molar-refractivity contribution in [2.75, 3.05) is 14.2 Å². The summed E-state index contributed by atoms with van der Waals surface area (Å²) in [5.74, 6) is -0.443.